The van der Waals surface area contributed by atoms with Gasteiger partial charge in [-0.05, 0) is 29.7 Å². The number of hydrogen-bond donors (Lipinski definition) is 1. The molecule has 0 radical (unpaired) electrons. The molecular weight excluding hydrogens is 264 g/mol. The Labute approximate surface area is 123 Å². The minimum atomic E-state index is 0.625. The quantitative estimate of drug-likeness (QED) is 0.782. The van der Waals surface area contributed by atoms with Crippen molar-refractivity contribution in [2.24, 2.45) is 0 Å². The van der Waals surface area contributed by atoms with Gasteiger partial charge in [-0.25, -0.2) is 4.52 Å². The molecule has 0 saturated carbocycles. The third-order valence-electron chi connectivity index (χ3n) is 3.31. The summed E-state index contributed by atoms with van der Waals surface area (Å²) in [6.07, 6.45) is 1.90. The fraction of sp³-hybridized carbons (Fsp3) is 0.250. The maximum absolute atomic E-state index is 5.15. The maximum atomic E-state index is 5.15. The Morgan fingerprint density at radius 1 is 1.19 bits per heavy atom. The van der Waals surface area contributed by atoms with Crippen molar-refractivity contribution in [3.05, 3.63) is 59.3 Å². The highest BCUT2D eigenvalue weighted by Crippen LogP contribution is 2.12. The molecule has 108 valence electrons. The van der Waals surface area contributed by atoms with E-state index in [2.05, 4.69) is 33.6 Å². The number of aromatic nitrogens is 3. The van der Waals surface area contributed by atoms with Gasteiger partial charge in [-0.2, -0.15) is 4.98 Å². The van der Waals surface area contributed by atoms with E-state index in [1.165, 1.54) is 5.56 Å². The molecule has 1 aromatic carbocycles. The van der Waals surface area contributed by atoms with Crippen LogP contribution >= 0.6 is 0 Å². The van der Waals surface area contributed by atoms with E-state index in [1.807, 2.05) is 31.3 Å². The van der Waals surface area contributed by atoms with Gasteiger partial charge in [0.2, 0.25) is 5.95 Å². The minimum Gasteiger partial charge on any atom is -0.380 e. The predicted octanol–water partition coefficient (Wildman–Crippen LogP) is 2.80. The van der Waals surface area contributed by atoms with Crippen LogP contribution in [0, 0.1) is 6.92 Å². The third-order valence-corrected chi connectivity index (χ3v) is 3.31. The standard InChI is InChI=1S/C16H18N4O/c1-12-5-4-8-20-15(12)18-16(19-20)17-10-13-6-3-7-14(9-13)11-21-2/h3-9H,10-11H2,1-2H3,(H,17,19). The Kier molecular flexibility index (Phi) is 3.83. The number of anilines is 1. The summed E-state index contributed by atoms with van der Waals surface area (Å²) in [7, 11) is 1.70. The van der Waals surface area contributed by atoms with Crippen molar-refractivity contribution in [1.29, 1.82) is 0 Å². The lowest BCUT2D eigenvalue weighted by Crippen LogP contribution is -2.02. The SMILES string of the molecule is COCc1cccc(CNc2nc3c(C)cccn3n2)c1. The first kappa shape index (κ1) is 13.6. The molecule has 0 fully saturated rings. The molecule has 0 amide bonds. The van der Waals surface area contributed by atoms with Crippen molar-refractivity contribution >= 4 is 11.6 Å². The van der Waals surface area contributed by atoms with Crippen LogP contribution in [0.3, 0.4) is 0 Å². The van der Waals surface area contributed by atoms with Crippen molar-refractivity contribution in [2.75, 3.05) is 12.4 Å². The average molecular weight is 282 g/mol. The summed E-state index contributed by atoms with van der Waals surface area (Å²) in [5.41, 5.74) is 4.34. The lowest BCUT2D eigenvalue weighted by atomic mass is 10.1. The Bertz CT molecular complexity index is 751. The van der Waals surface area contributed by atoms with Crippen LogP contribution in [0.4, 0.5) is 5.95 Å². The van der Waals surface area contributed by atoms with Gasteiger partial charge < -0.3 is 10.1 Å². The van der Waals surface area contributed by atoms with Gasteiger partial charge in [-0.1, -0.05) is 30.3 Å². The number of methoxy groups -OCH3 is 1. The van der Waals surface area contributed by atoms with Crippen LogP contribution in [0.15, 0.2) is 42.6 Å². The second kappa shape index (κ2) is 5.93. The summed E-state index contributed by atoms with van der Waals surface area (Å²) < 4.78 is 6.94. The van der Waals surface area contributed by atoms with E-state index < -0.39 is 0 Å². The third kappa shape index (κ3) is 3.03. The van der Waals surface area contributed by atoms with Crippen LogP contribution in [-0.2, 0) is 17.9 Å². The number of pyridine rings is 1. The Morgan fingerprint density at radius 3 is 2.86 bits per heavy atom. The molecule has 1 N–H and O–H groups in total. The highest BCUT2D eigenvalue weighted by atomic mass is 16.5. The normalized spacial score (nSPS) is 11.0. The van der Waals surface area contributed by atoms with Crippen LogP contribution < -0.4 is 5.32 Å². The van der Waals surface area contributed by atoms with E-state index >= 15 is 0 Å². The molecule has 2 aromatic heterocycles. The van der Waals surface area contributed by atoms with Crippen LogP contribution in [0.25, 0.3) is 5.65 Å². The zero-order valence-corrected chi connectivity index (χ0v) is 12.2. The molecule has 3 rings (SSSR count). The number of nitrogens with zero attached hydrogens (tertiary/aromatic N) is 3. The van der Waals surface area contributed by atoms with E-state index in [-0.39, 0.29) is 0 Å². The number of benzene rings is 1. The van der Waals surface area contributed by atoms with E-state index in [0.29, 0.717) is 19.1 Å². The van der Waals surface area contributed by atoms with Gasteiger partial charge in [0.25, 0.3) is 0 Å². The molecule has 0 aliphatic carbocycles. The number of aryl methyl sites for hydroxylation is 1. The zero-order chi connectivity index (χ0) is 14.7. The van der Waals surface area contributed by atoms with Crippen LogP contribution in [0.5, 0.6) is 0 Å². The summed E-state index contributed by atoms with van der Waals surface area (Å²) in [6, 6.07) is 12.3. The molecule has 5 heteroatoms. The fourth-order valence-corrected chi connectivity index (χ4v) is 2.29. The Morgan fingerprint density at radius 2 is 2.05 bits per heavy atom. The second-order valence-electron chi connectivity index (χ2n) is 5.00. The fourth-order valence-electron chi connectivity index (χ4n) is 2.29. The first-order valence-electron chi connectivity index (χ1n) is 6.89. The molecular formula is C16H18N4O. The largest absolute Gasteiger partial charge is 0.380 e. The highest BCUT2D eigenvalue weighted by molar-refractivity contribution is 5.49. The van der Waals surface area contributed by atoms with Crippen molar-refractivity contribution in [3.8, 4) is 0 Å². The van der Waals surface area contributed by atoms with Crippen LogP contribution in [0.2, 0.25) is 0 Å². The van der Waals surface area contributed by atoms with Gasteiger partial charge in [0, 0.05) is 19.9 Å². The Hall–Kier alpha value is -2.40. The van der Waals surface area contributed by atoms with Gasteiger partial charge in [0.05, 0.1) is 6.61 Å². The van der Waals surface area contributed by atoms with E-state index in [0.717, 1.165) is 16.8 Å². The van der Waals surface area contributed by atoms with Crippen molar-refractivity contribution in [1.82, 2.24) is 14.6 Å². The van der Waals surface area contributed by atoms with Crippen molar-refractivity contribution < 1.29 is 4.74 Å². The summed E-state index contributed by atoms with van der Waals surface area (Å²) in [4.78, 5) is 4.50. The lowest BCUT2D eigenvalue weighted by molar-refractivity contribution is 0.185. The lowest BCUT2D eigenvalue weighted by Gasteiger charge is -2.05. The van der Waals surface area contributed by atoms with E-state index in [4.69, 9.17) is 4.74 Å². The number of fused-ring (bicyclic) bond motifs is 1. The minimum absolute atomic E-state index is 0.625. The molecule has 3 aromatic rings. The summed E-state index contributed by atoms with van der Waals surface area (Å²) in [6.45, 7) is 3.34. The summed E-state index contributed by atoms with van der Waals surface area (Å²) in [5, 5.41) is 7.68. The topological polar surface area (TPSA) is 51.5 Å². The van der Waals surface area contributed by atoms with Crippen LogP contribution in [0.1, 0.15) is 16.7 Å². The molecule has 0 aliphatic heterocycles. The molecule has 21 heavy (non-hydrogen) atoms. The van der Waals surface area contributed by atoms with Gasteiger partial charge >= 0.3 is 0 Å². The van der Waals surface area contributed by atoms with Crippen LogP contribution in [-0.4, -0.2) is 21.7 Å². The maximum Gasteiger partial charge on any atom is 0.243 e. The van der Waals surface area contributed by atoms with Gasteiger partial charge in [0.15, 0.2) is 5.65 Å². The Balaban J connectivity index is 1.74. The predicted molar refractivity (Wildman–Crippen MR) is 82.2 cm³/mol. The first-order valence-corrected chi connectivity index (χ1v) is 6.89. The van der Waals surface area contributed by atoms with Crippen molar-refractivity contribution in [3.63, 3.8) is 0 Å². The molecule has 0 bridgehead atoms. The number of nitrogens with one attached hydrogen (secondary N) is 1. The summed E-state index contributed by atoms with van der Waals surface area (Å²) >= 11 is 0. The van der Waals surface area contributed by atoms with Gasteiger partial charge in [-0.15, -0.1) is 5.10 Å². The van der Waals surface area contributed by atoms with Gasteiger partial charge in [0.1, 0.15) is 0 Å². The second-order valence-corrected chi connectivity index (χ2v) is 5.00. The highest BCUT2D eigenvalue weighted by Gasteiger charge is 2.05. The zero-order valence-electron chi connectivity index (χ0n) is 12.2. The van der Waals surface area contributed by atoms with E-state index in [1.54, 1.807) is 11.6 Å². The number of ether oxygens (including phenoxy) is 1. The number of hydrogen-bond acceptors (Lipinski definition) is 4. The first-order chi connectivity index (χ1) is 10.3. The number of rotatable bonds is 5. The molecule has 2 heterocycles. The summed E-state index contributed by atoms with van der Waals surface area (Å²) in [5.74, 6) is 0.640. The average Bonchev–Trinajstić information content (AvgIpc) is 2.91. The molecule has 0 atom stereocenters. The van der Waals surface area contributed by atoms with Gasteiger partial charge in [-0.3, -0.25) is 0 Å². The molecule has 5 nitrogen and oxygen atoms in total. The molecule has 0 saturated heterocycles. The van der Waals surface area contributed by atoms with Crippen molar-refractivity contribution in [2.45, 2.75) is 20.1 Å². The van der Waals surface area contributed by atoms with E-state index in [9.17, 15) is 0 Å². The molecule has 0 spiro atoms. The monoisotopic (exact) mass is 282 g/mol. The molecule has 0 unspecified atom stereocenters. The smallest absolute Gasteiger partial charge is 0.243 e. The molecule has 0 aliphatic rings.